The molecule has 0 bridgehead atoms. The maximum atomic E-state index is 12.2. The number of methoxy groups -OCH3 is 1. The predicted octanol–water partition coefficient (Wildman–Crippen LogP) is 1.73. The third kappa shape index (κ3) is 4.68. The second kappa shape index (κ2) is 7.94. The molecule has 0 saturated heterocycles. The first-order valence-electron chi connectivity index (χ1n) is 7.63. The summed E-state index contributed by atoms with van der Waals surface area (Å²) in [5, 5.41) is 11.1. The number of fused-ring (bicyclic) bond motifs is 1. The number of likely N-dealkylation sites (N-methyl/N-ethyl adjacent to an activating group) is 2. The van der Waals surface area contributed by atoms with E-state index >= 15 is 0 Å². The summed E-state index contributed by atoms with van der Waals surface area (Å²) in [5.41, 5.74) is 1.09. The van der Waals surface area contributed by atoms with E-state index in [1.807, 2.05) is 42.3 Å². The van der Waals surface area contributed by atoms with E-state index in [1.54, 1.807) is 19.1 Å². The SMILES string of the molecule is COc1ccc2cc(CN(C)C(=O)CN(C)CCO)ccc2c1. The zero-order chi connectivity index (χ0) is 16.8. The lowest BCUT2D eigenvalue weighted by molar-refractivity contribution is -0.131. The maximum Gasteiger partial charge on any atom is 0.236 e. The van der Waals surface area contributed by atoms with Crippen molar-refractivity contribution in [2.75, 3.05) is 40.9 Å². The van der Waals surface area contributed by atoms with Crippen molar-refractivity contribution in [3.63, 3.8) is 0 Å². The van der Waals surface area contributed by atoms with Crippen molar-refractivity contribution in [1.29, 1.82) is 0 Å². The summed E-state index contributed by atoms with van der Waals surface area (Å²) >= 11 is 0. The lowest BCUT2D eigenvalue weighted by atomic mass is 10.1. The van der Waals surface area contributed by atoms with Crippen molar-refractivity contribution < 1.29 is 14.6 Å². The highest BCUT2D eigenvalue weighted by Gasteiger charge is 2.12. The fourth-order valence-corrected chi connectivity index (χ4v) is 2.46. The summed E-state index contributed by atoms with van der Waals surface area (Å²) in [6, 6.07) is 12.1. The number of ether oxygens (including phenoxy) is 1. The molecular weight excluding hydrogens is 292 g/mol. The molecule has 124 valence electrons. The first-order valence-corrected chi connectivity index (χ1v) is 7.63. The smallest absolute Gasteiger partial charge is 0.236 e. The van der Waals surface area contributed by atoms with Gasteiger partial charge in [-0.3, -0.25) is 9.69 Å². The Morgan fingerprint density at radius 2 is 1.83 bits per heavy atom. The van der Waals surface area contributed by atoms with Gasteiger partial charge in [0.25, 0.3) is 0 Å². The number of carbonyl (C=O) groups is 1. The van der Waals surface area contributed by atoms with Gasteiger partial charge in [0.2, 0.25) is 5.91 Å². The number of aliphatic hydroxyl groups is 1. The van der Waals surface area contributed by atoms with Crippen LogP contribution in [0.25, 0.3) is 10.8 Å². The molecule has 1 amide bonds. The van der Waals surface area contributed by atoms with Crippen LogP contribution in [-0.4, -0.2) is 61.7 Å². The minimum Gasteiger partial charge on any atom is -0.497 e. The Bertz CT molecular complexity index is 672. The van der Waals surface area contributed by atoms with Gasteiger partial charge in [0.1, 0.15) is 5.75 Å². The van der Waals surface area contributed by atoms with Crippen molar-refractivity contribution in [2.24, 2.45) is 0 Å². The van der Waals surface area contributed by atoms with E-state index < -0.39 is 0 Å². The number of aliphatic hydroxyl groups excluding tert-OH is 1. The monoisotopic (exact) mass is 316 g/mol. The highest BCUT2D eigenvalue weighted by Crippen LogP contribution is 2.22. The third-order valence-corrected chi connectivity index (χ3v) is 3.84. The molecule has 1 N–H and O–H groups in total. The van der Waals surface area contributed by atoms with Crippen LogP contribution in [0.3, 0.4) is 0 Å². The van der Waals surface area contributed by atoms with Crippen LogP contribution < -0.4 is 4.74 Å². The van der Waals surface area contributed by atoms with Gasteiger partial charge in [0.15, 0.2) is 0 Å². The summed E-state index contributed by atoms with van der Waals surface area (Å²) in [6.07, 6.45) is 0. The number of hydrogen-bond acceptors (Lipinski definition) is 4. The average molecular weight is 316 g/mol. The molecule has 5 heteroatoms. The number of hydrogen-bond donors (Lipinski definition) is 1. The maximum absolute atomic E-state index is 12.2. The molecular formula is C18H24N2O3. The van der Waals surface area contributed by atoms with Crippen molar-refractivity contribution >= 4 is 16.7 Å². The van der Waals surface area contributed by atoms with Crippen LogP contribution in [0.2, 0.25) is 0 Å². The molecule has 0 fully saturated rings. The van der Waals surface area contributed by atoms with Crippen molar-refractivity contribution in [3.8, 4) is 5.75 Å². The Morgan fingerprint density at radius 1 is 1.13 bits per heavy atom. The Hall–Kier alpha value is -2.11. The van der Waals surface area contributed by atoms with Gasteiger partial charge in [-0.15, -0.1) is 0 Å². The molecule has 23 heavy (non-hydrogen) atoms. The predicted molar refractivity (Wildman–Crippen MR) is 91.6 cm³/mol. The zero-order valence-corrected chi connectivity index (χ0v) is 14.0. The standard InChI is InChI=1S/C18H24N2O3/c1-19(8-9-21)13-18(22)20(2)12-14-4-5-16-11-17(23-3)7-6-15(16)10-14/h4-7,10-11,21H,8-9,12-13H2,1-3H3. The molecule has 0 aromatic heterocycles. The van der Waals surface area contributed by atoms with Gasteiger partial charge in [0, 0.05) is 20.1 Å². The summed E-state index contributed by atoms with van der Waals surface area (Å²) in [6.45, 7) is 1.43. The Balaban J connectivity index is 2.04. The minimum atomic E-state index is 0.0378. The van der Waals surface area contributed by atoms with E-state index in [0.717, 1.165) is 22.1 Å². The Kier molecular flexibility index (Phi) is 5.96. The van der Waals surface area contributed by atoms with Gasteiger partial charge in [0.05, 0.1) is 20.3 Å². The molecule has 0 aliphatic rings. The van der Waals surface area contributed by atoms with Crippen molar-refractivity contribution in [3.05, 3.63) is 42.0 Å². The van der Waals surface area contributed by atoms with E-state index in [0.29, 0.717) is 19.6 Å². The molecule has 2 aromatic carbocycles. The Labute approximate surface area is 137 Å². The minimum absolute atomic E-state index is 0.0378. The number of rotatable bonds is 7. The van der Waals surface area contributed by atoms with Crippen LogP contribution in [0.1, 0.15) is 5.56 Å². The van der Waals surface area contributed by atoms with Gasteiger partial charge in [-0.1, -0.05) is 18.2 Å². The second-order valence-corrected chi connectivity index (χ2v) is 5.76. The normalized spacial score (nSPS) is 11.0. The average Bonchev–Trinajstić information content (AvgIpc) is 2.54. The van der Waals surface area contributed by atoms with Crippen LogP contribution in [0.15, 0.2) is 36.4 Å². The molecule has 2 rings (SSSR count). The van der Waals surface area contributed by atoms with E-state index in [2.05, 4.69) is 6.07 Å². The number of amides is 1. The van der Waals surface area contributed by atoms with E-state index in [-0.39, 0.29) is 12.5 Å². The topological polar surface area (TPSA) is 53.0 Å². The van der Waals surface area contributed by atoms with Crippen LogP contribution in [0.4, 0.5) is 0 Å². The number of carbonyl (C=O) groups excluding carboxylic acids is 1. The van der Waals surface area contributed by atoms with E-state index in [4.69, 9.17) is 9.84 Å². The lowest BCUT2D eigenvalue weighted by Gasteiger charge is -2.21. The fraction of sp³-hybridized carbons (Fsp3) is 0.389. The molecule has 0 spiro atoms. The van der Waals surface area contributed by atoms with Crippen LogP contribution in [-0.2, 0) is 11.3 Å². The van der Waals surface area contributed by atoms with Gasteiger partial charge in [-0.25, -0.2) is 0 Å². The van der Waals surface area contributed by atoms with Crippen molar-refractivity contribution in [1.82, 2.24) is 9.80 Å². The zero-order valence-electron chi connectivity index (χ0n) is 14.0. The van der Waals surface area contributed by atoms with Crippen LogP contribution >= 0.6 is 0 Å². The van der Waals surface area contributed by atoms with Crippen molar-refractivity contribution in [2.45, 2.75) is 6.54 Å². The third-order valence-electron chi connectivity index (χ3n) is 3.84. The summed E-state index contributed by atoms with van der Waals surface area (Å²) in [5.74, 6) is 0.875. The van der Waals surface area contributed by atoms with Gasteiger partial charge in [-0.2, -0.15) is 0 Å². The molecule has 0 aliphatic heterocycles. The molecule has 0 aliphatic carbocycles. The first kappa shape index (κ1) is 17.2. The highest BCUT2D eigenvalue weighted by molar-refractivity contribution is 5.84. The summed E-state index contributed by atoms with van der Waals surface area (Å²) in [4.78, 5) is 15.7. The molecule has 0 heterocycles. The molecule has 5 nitrogen and oxygen atoms in total. The van der Waals surface area contributed by atoms with Gasteiger partial charge < -0.3 is 14.7 Å². The molecule has 2 aromatic rings. The quantitative estimate of drug-likeness (QED) is 0.845. The van der Waals surface area contributed by atoms with E-state index in [9.17, 15) is 4.79 Å². The fourth-order valence-electron chi connectivity index (χ4n) is 2.46. The van der Waals surface area contributed by atoms with Gasteiger partial charge in [-0.05, 0) is 41.6 Å². The number of nitrogens with zero attached hydrogens (tertiary/aromatic N) is 2. The van der Waals surface area contributed by atoms with Crippen LogP contribution in [0, 0.1) is 0 Å². The molecule has 0 saturated carbocycles. The highest BCUT2D eigenvalue weighted by atomic mass is 16.5. The molecule has 0 unspecified atom stereocenters. The largest absolute Gasteiger partial charge is 0.497 e. The lowest BCUT2D eigenvalue weighted by Crippen LogP contribution is -2.37. The van der Waals surface area contributed by atoms with E-state index in [1.165, 1.54) is 0 Å². The van der Waals surface area contributed by atoms with Gasteiger partial charge >= 0.3 is 0 Å². The summed E-state index contributed by atoms with van der Waals surface area (Å²) in [7, 11) is 5.28. The Morgan fingerprint density at radius 3 is 2.52 bits per heavy atom. The second-order valence-electron chi connectivity index (χ2n) is 5.76. The summed E-state index contributed by atoms with van der Waals surface area (Å²) < 4.78 is 5.23. The molecule has 0 atom stereocenters. The molecule has 0 radical (unpaired) electrons. The first-order chi connectivity index (χ1) is 11.0. The van der Waals surface area contributed by atoms with Crippen LogP contribution in [0.5, 0.6) is 5.75 Å². The number of benzene rings is 2.